The Hall–Kier alpha value is -0.160. The lowest BCUT2D eigenvalue weighted by Gasteiger charge is -2.24. The first kappa shape index (κ1) is 15.9. The van der Waals surface area contributed by atoms with Gasteiger partial charge in [-0.2, -0.15) is 0 Å². The summed E-state index contributed by atoms with van der Waals surface area (Å²) in [4.78, 5) is 0. The Kier molecular flexibility index (Phi) is 7.82. The van der Waals surface area contributed by atoms with Gasteiger partial charge in [-0.25, -0.2) is 0 Å². The highest BCUT2D eigenvalue weighted by Crippen LogP contribution is 2.23. The molecule has 4 heteroatoms. The predicted molar refractivity (Wildman–Crippen MR) is 74.0 cm³/mol. The van der Waals surface area contributed by atoms with Gasteiger partial charge in [-0.15, -0.1) is 0 Å². The van der Waals surface area contributed by atoms with Crippen LogP contribution in [0, 0.1) is 11.8 Å². The van der Waals surface area contributed by atoms with Gasteiger partial charge < -0.3 is 21.7 Å². The third-order valence-corrected chi connectivity index (χ3v) is 4.18. The number of rotatable bonds is 2. The van der Waals surface area contributed by atoms with E-state index in [1.807, 2.05) is 0 Å². The van der Waals surface area contributed by atoms with Crippen LogP contribution in [0.4, 0.5) is 0 Å². The van der Waals surface area contributed by atoms with Gasteiger partial charge in [0, 0.05) is 0 Å². The second kappa shape index (κ2) is 8.86. The Morgan fingerprint density at radius 3 is 1.33 bits per heavy atom. The van der Waals surface area contributed by atoms with Gasteiger partial charge in [0.2, 0.25) is 0 Å². The zero-order valence-corrected chi connectivity index (χ0v) is 11.4. The van der Waals surface area contributed by atoms with Crippen LogP contribution in [0.1, 0.15) is 51.4 Å². The maximum atomic E-state index is 9.16. The zero-order valence-electron chi connectivity index (χ0n) is 11.4. The molecule has 2 aliphatic rings. The van der Waals surface area contributed by atoms with Crippen LogP contribution in [0.15, 0.2) is 0 Å². The highest BCUT2D eigenvalue weighted by atomic mass is 16.3. The average Bonchev–Trinajstić information content (AvgIpc) is 2.39. The fraction of sp³-hybridized carbons (Fsp3) is 1.00. The van der Waals surface area contributed by atoms with Crippen molar-refractivity contribution in [3.63, 3.8) is 0 Å². The minimum absolute atomic E-state index is 0.0627. The molecule has 0 aromatic carbocycles. The average molecular weight is 258 g/mol. The molecule has 2 rings (SSSR count). The SMILES string of the molecule is NC[C@@H]1CCC[C@@H](O)C1.NC[C@H]1CCC[C@H](O)C1. The molecule has 0 aliphatic heterocycles. The van der Waals surface area contributed by atoms with Gasteiger partial charge in [0.15, 0.2) is 0 Å². The molecule has 0 radical (unpaired) electrons. The summed E-state index contributed by atoms with van der Waals surface area (Å²) in [5.41, 5.74) is 10.9. The van der Waals surface area contributed by atoms with E-state index in [9.17, 15) is 0 Å². The van der Waals surface area contributed by atoms with Gasteiger partial charge in [0.25, 0.3) is 0 Å². The molecule has 108 valence electrons. The molecule has 2 saturated carbocycles. The van der Waals surface area contributed by atoms with Crippen molar-refractivity contribution < 1.29 is 10.2 Å². The number of nitrogens with two attached hydrogens (primary N) is 2. The van der Waals surface area contributed by atoms with E-state index in [2.05, 4.69) is 0 Å². The number of aliphatic hydroxyl groups is 2. The number of aliphatic hydroxyl groups excluding tert-OH is 2. The maximum absolute atomic E-state index is 9.16. The Bertz CT molecular complexity index is 192. The van der Waals surface area contributed by atoms with Gasteiger partial charge in [-0.05, 0) is 63.5 Å². The van der Waals surface area contributed by atoms with Crippen molar-refractivity contribution in [3.8, 4) is 0 Å². The summed E-state index contributed by atoms with van der Waals surface area (Å²) in [5.74, 6) is 1.18. The van der Waals surface area contributed by atoms with Crippen molar-refractivity contribution in [1.29, 1.82) is 0 Å². The van der Waals surface area contributed by atoms with Gasteiger partial charge in [-0.3, -0.25) is 0 Å². The Labute approximate surface area is 111 Å². The van der Waals surface area contributed by atoms with Crippen LogP contribution in [-0.2, 0) is 0 Å². The second-order valence-corrected chi connectivity index (χ2v) is 5.84. The summed E-state index contributed by atoms with van der Waals surface area (Å²) < 4.78 is 0. The molecule has 4 atom stereocenters. The molecule has 0 aromatic heterocycles. The smallest absolute Gasteiger partial charge is 0.0543 e. The molecular formula is C14H30N2O2. The highest BCUT2D eigenvalue weighted by molar-refractivity contribution is 4.72. The normalized spacial score (nSPS) is 36.7. The Morgan fingerprint density at radius 2 is 1.11 bits per heavy atom. The van der Waals surface area contributed by atoms with Gasteiger partial charge in [-0.1, -0.05) is 12.8 Å². The van der Waals surface area contributed by atoms with E-state index in [1.54, 1.807) is 0 Å². The van der Waals surface area contributed by atoms with Crippen LogP contribution in [0.5, 0.6) is 0 Å². The molecule has 6 N–H and O–H groups in total. The summed E-state index contributed by atoms with van der Waals surface area (Å²) >= 11 is 0. The number of hydrogen-bond donors (Lipinski definition) is 4. The fourth-order valence-electron chi connectivity index (χ4n) is 2.95. The standard InChI is InChI=1S/2C7H15NO/c2*8-5-6-2-1-3-7(9)4-6/h2*6-7,9H,1-5,8H2/t2*6-,7-/m10/s1. The number of hydrogen-bond acceptors (Lipinski definition) is 4. The molecule has 0 bridgehead atoms. The van der Waals surface area contributed by atoms with Crippen molar-refractivity contribution in [3.05, 3.63) is 0 Å². The molecule has 0 spiro atoms. The van der Waals surface area contributed by atoms with Crippen molar-refractivity contribution in [2.24, 2.45) is 23.3 Å². The fourth-order valence-corrected chi connectivity index (χ4v) is 2.95. The predicted octanol–water partition coefficient (Wildman–Crippen LogP) is 0.992. The van der Waals surface area contributed by atoms with E-state index in [4.69, 9.17) is 21.7 Å². The molecule has 0 aromatic rings. The molecule has 2 fully saturated rings. The summed E-state index contributed by atoms with van der Waals surface area (Å²) in [6.07, 6.45) is 8.44. The molecule has 0 heterocycles. The van der Waals surface area contributed by atoms with Crippen molar-refractivity contribution in [2.75, 3.05) is 13.1 Å². The first-order chi connectivity index (χ1) is 8.65. The van der Waals surface area contributed by atoms with E-state index < -0.39 is 0 Å². The quantitative estimate of drug-likeness (QED) is 0.594. The summed E-state index contributed by atoms with van der Waals surface area (Å²) in [6.45, 7) is 1.49. The van der Waals surface area contributed by atoms with Gasteiger partial charge in [0.1, 0.15) is 0 Å². The molecule has 4 nitrogen and oxygen atoms in total. The summed E-state index contributed by atoms with van der Waals surface area (Å²) in [5, 5.41) is 18.3. The highest BCUT2D eigenvalue weighted by Gasteiger charge is 2.18. The van der Waals surface area contributed by atoms with E-state index in [-0.39, 0.29) is 12.2 Å². The minimum Gasteiger partial charge on any atom is -0.393 e. The van der Waals surface area contributed by atoms with Gasteiger partial charge >= 0.3 is 0 Å². The van der Waals surface area contributed by atoms with E-state index in [1.165, 1.54) is 12.8 Å². The third kappa shape index (κ3) is 6.14. The van der Waals surface area contributed by atoms with Crippen LogP contribution in [0.3, 0.4) is 0 Å². The lowest BCUT2D eigenvalue weighted by Crippen LogP contribution is -2.25. The van der Waals surface area contributed by atoms with Crippen LogP contribution in [0.25, 0.3) is 0 Å². The molecule has 0 saturated heterocycles. The molecule has 18 heavy (non-hydrogen) atoms. The monoisotopic (exact) mass is 258 g/mol. The molecule has 0 unspecified atom stereocenters. The largest absolute Gasteiger partial charge is 0.393 e. The van der Waals surface area contributed by atoms with E-state index >= 15 is 0 Å². The van der Waals surface area contributed by atoms with Crippen molar-refractivity contribution in [1.82, 2.24) is 0 Å². The van der Waals surface area contributed by atoms with E-state index in [0.717, 1.165) is 51.6 Å². The maximum Gasteiger partial charge on any atom is 0.0543 e. The Balaban J connectivity index is 0.000000180. The lowest BCUT2D eigenvalue weighted by molar-refractivity contribution is 0.103. The topological polar surface area (TPSA) is 92.5 Å². The lowest BCUT2D eigenvalue weighted by atomic mass is 9.87. The Morgan fingerprint density at radius 1 is 0.722 bits per heavy atom. The minimum atomic E-state index is -0.0627. The molecule has 2 aliphatic carbocycles. The van der Waals surface area contributed by atoms with Crippen LogP contribution in [-0.4, -0.2) is 35.5 Å². The second-order valence-electron chi connectivity index (χ2n) is 5.84. The van der Waals surface area contributed by atoms with Crippen LogP contribution >= 0.6 is 0 Å². The van der Waals surface area contributed by atoms with Crippen LogP contribution < -0.4 is 11.5 Å². The van der Waals surface area contributed by atoms with E-state index in [0.29, 0.717) is 11.8 Å². The van der Waals surface area contributed by atoms with Crippen molar-refractivity contribution in [2.45, 2.75) is 63.6 Å². The molecule has 0 amide bonds. The summed E-state index contributed by atoms with van der Waals surface area (Å²) in [6, 6.07) is 0. The summed E-state index contributed by atoms with van der Waals surface area (Å²) in [7, 11) is 0. The first-order valence-corrected chi connectivity index (χ1v) is 7.42. The van der Waals surface area contributed by atoms with Gasteiger partial charge in [0.05, 0.1) is 12.2 Å². The van der Waals surface area contributed by atoms with Crippen LogP contribution in [0.2, 0.25) is 0 Å². The van der Waals surface area contributed by atoms with Crippen molar-refractivity contribution >= 4 is 0 Å². The third-order valence-electron chi connectivity index (χ3n) is 4.18. The zero-order chi connectivity index (χ0) is 13.4. The molecular weight excluding hydrogens is 228 g/mol. The first-order valence-electron chi connectivity index (χ1n) is 7.42.